The molecular weight excluding hydrogens is 424 g/mol. The minimum atomic E-state index is -0.794. The number of rotatable bonds is 9. The van der Waals surface area contributed by atoms with E-state index in [0.717, 1.165) is 6.54 Å². The van der Waals surface area contributed by atoms with E-state index in [1.165, 1.54) is 30.1 Å². The molecule has 0 bridgehead atoms. The van der Waals surface area contributed by atoms with Gasteiger partial charge in [-0.15, -0.1) is 0 Å². The first-order valence-electron chi connectivity index (χ1n) is 10.7. The van der Waals surface area contributed by atoms with Crippen molar-refractivity contribution in [3.63, 3.8) is 0 Å². The van der Waals surface area contributed by atoms with Crippen molar-refractivity contribution in [3.05, 3.63) is 59.2 Å². The van der Waals surface area contributed by atoms with Crippen molar-refractivity contribution in [3.8, 4) is 17.2 Å². The van der Waals surface area contributed by atoms with Crippen LogP contribution in [-0.2, 0) is 9.59 Å². The van der Waals surface area contributed by atoms with Crippen LogP contribution < -0.4 is 24.2 Å². The lowest BCUT2D eigenvalue weighted by atomic mass is 9.95. The maximum absolute atomic E-state index is 13.6. The maximum Gasteiger partial charge on any atom is 0.295 e. The molecule has 1 amide bonds. The summed E-state index contributed by atoms with van der Waals surface area (Å²) in [5, 5.41) is 13.6. The number of ether oxygens (including phenoxy) is 3. The molecule has 3 rings (SSSR count). The average Bonchev–Trinajstić information content (AvgIpc) is 3.07. The first-order chi connectivity index (χ1) is 15.8. The predicted octanol–water partition coefficient (Wildman–Crippen LogP) is 0.471. The van der Waals surface area contributed by atoms with Crippen LogP contribution in [0.2, 0.25) is 0 Å². The van der Waals surface area contributed by atoms with Gasteiger partial charge in [0.05, 0.1) is 48.0 Å². The van der Waals surface area contributed by atoms with Crippen molar-refractivity contribution in [2.75, 3.05) is 48.5 Å². The molecule has 1 fully saturated rings. The molecule has 0 aliphatic carbocycles. The third-order valence-electron chi connectivity index (χ3n) is 5.66. The minimum absolute atomic E-state index is 0.0716. The Kier molecular flexibility index (Phi) is 7.60. The zero-order valence-corrected chi connectivity index (χ0v) is 19.6. The second kappa shape index (κ2) is 10.4. The normalized spacial score (nSPS) is 17.5. The van der Waals surface area contributed by atoms with Crippen LogP contribution in [0.25, 0.3) is 5.76 Å². The summed E-state index contributed by atoms with van der Waals surface area (Å²) in [6.07, 6.45) is 0.694. The van der Waals surface area contributed by atoms with Crippen LogP contribution in [0, 0.1) is 0 Å². The Bertz CT molecular complexity index is 1060. The van der Waals surface area contributed by atoms with Crippen molar-refractivity contribution >= 4 is 17.4 Å². The number of benzene rings is 2. The molecule has 1 N–H and O–H groups in total. The number of amides is 1. The summed E-state index contributed by atoms with van der Waals surface area (Å²) in [7, 11) is 8.56. The summed E-state index contributed by atoms with van der Waals surface area (Å²) in [6.45, 7) is 1.18. The van der Waals surface area contributed by atoms with Crippen molar-refractivity contribution in [1.82, 2.24) is 4.90 Å². The SMILES string of the molecule is COc1cccc(C2C(=C([O-])c3ccc(OC)c(OC)c3)C(=O)C(=O)N2CCC[NH+](C)C)c1. The van der Waals surface area contributed by atoms with Gasteiger partial charge in [-0.1, -0.05) is 24.0 Å². The van der Waals surface area contributed by atoms with Gasteiger partial charge < -0.3 is 29.1 Å². The highest BCUT2D eigenvalue weighted by Gasteiger charge is 2.44. The number of nitrogens with one attached hydrogen (secondary N) is 1. The van der Waals surface area contributed by atoms with Gasteiger partial charge in [0.1, 0.15) is 5.75 Å². The highest BCUT2D eigenvalue weighted by atomic mass is 16.5. The number of carbonyl (C=O) groups excluding carboxylic acids is 2. The summed E-state index contributed by atoms with van der Waals surface area (Å²) in [4.78, 5) is 28.8. The number of methoxy groups -OCH3 is 3. The van der Waals surface area contributed by atoms with E-state index < -0.39 is 23.5 Å². The van der Waals surface area contributed by atoms with Crippen LogP contribution in [0.3, 0.4) is 0 Å². The Balaban J connectivity index is 2.14. The third-order valence-corrected chi connectivity index (χ3v) is 5.66. The van der Waals surface area contributed by atoms with E-state index in [-0.39, 0.29) is 11.1 Å². The molecule has 0 radical (unpaired) electrons. The molecule has 0 spiro atoms. The lowest BCUT2D eigenvalue weighted by Crippen LogP contribution is -3.05. The van der Waals surface area contributed by atoms with Crippen LogP contribution >= 0.6 is 0 Å². The van der Waals surface area contributed by atoms with Gasteiger partial charge in [0.15, 0.2) is 11.5 Å². The van der Waals surface area contributed by atoms with Gasteiger partial charge in [0.25, 0.3) is 5.91 Å². The fourth-order valence-corrected chi connectivity index (χ4v) is 3.99. The second-order valence-electron chi connectivity index (χ2n) is 8.13. The molecule has 176 valence electrons. The fourth-order valence-electron chi connectivity index (χ4n) is 3.99. The van der Waals surface area contributed by atoms with Gasteiger partial charge >= 0.3 is 0 Å². The summed E-state index contributed by atoms with van der Waals surface area (Å²) in [5.74, 6) is -0.549. The van der Waals surface area contributed by atoms with Crippen molar-refractivity contribution in [2.45, 2.75) is 12.5 Å². The van der Waals surface area contributed by atoms with E-state index in [0.29, 0.717) is 35.8 Å². The highest BCUT2D eigenvalue weighted by Crippen LogP contribution is 2.40. The van der Waals surface area contributed by atoms with E-state index in [1.54, 1.807) is 43.5 Å². The topological polar surface area (TPSA) is 92.6 Å². The number of quaternary nitrogens is 1. The van der Waals surface area contributed by atoms with Crippen LogP contribution in [0.4, 0.5) is 0 Å². The quantitative estimate of drug-likeness (QED) is 0.337. The molecule has 8 nitrogen and oxygen atoms in total. The van der Waals surface area contributed by atoms with Gasteiger partial charge in [-0.2, -0.15) is 0 Å². The molecule has 1 saturated heterocycles. The Morgan fingerprint density at radius 3 is 2.36 bits per heavy atom. The number of likely N-dealkylation sites (tertiary alicyclic amines) is 1. The Morgan fingerprint density at radius 1 is 1.00 bits per heavy atom. The minimum Gasteiger partial charge on any atom is -0.872 e. The molecule has 8 heteroatoms. The first kappa shape index (κ1) is 24.1. The summed E-state index contributed by atoms with van der Waals surface area (Å²) in [6, 6.07) is 11.0. The van der Waals surface area contributed by atoms with E-state index in [1.807, 2.05) is 14.1 Å². The zero-order chi connectivity index (χ0) is 24.1. The Labute approximate surface area is 194 Å². The smallest absolute Gasteiger partial charge is 0.295 e. The summed E-state index contributed by atoms with van der Waals surface area (Å²) in [5.41, 5.74) is 0.823. The number of ketones is 1. The molecule has 1 atom stereocenters. The molecule has 1 unspecified atom stereocenters. The number of hydrogen-bond donors (Lipinski definition) is 1. The van der Waals surface area contributed by atoms with Crippen LogP contribution in [0.5, 0.6) is 17.2 Å². The molecule has 1 aliphatic rings. The van der Waals surface area contributed by atoms with Gasteiger partial charge in [0.2, 0.25) is 5.78 Å². The molecule has 2 aromatic rings. The molecule has 0 aromatic heterocycles. The van der Waals surface area contributed by atoms with Crippen LogP contribution in [0.1, 0.15) is 23.6 Å². The van der Waals surface area contributed by atoms with Gasteiger partial charge in [0, 0.05) is 18.5 Å². The highest BCUT2D eigenvalue weighted by molar-refractivity contribution is 6.46. The van der Waals surface area contributed by atoms with Crippen molar-refractivity contribution in [2.24, 2.45) is 0 Å². The van der Waals surface area contributed by atoms with E-state index in [4.69, 9.17) is 14.2 Å². The monoisotopic (exact) mass is 454 g/mol. The Hall–Kier alpha value is -3.52. The lowest BCUT2D eigenvalue weighted by Gasteiger charge is -2.28. The average molecular weight is 455 g/mol. The zero-order valence-electron chi connectivity index (χ0n) is 19.6. The summed E-state index contributed by atoms with van der Waals surface area (Å²) >= 11 is 0. The van der Waals surface area contributed by atoms with Gasteiger partial charge in [-0.05, 0) is 35.4 Å². The number of nitrogens with zero attached hydrogens (tertiary/aromatic N) is 1. The van der Waals surface area contributed by atoms with E-state index >= 15 is 0 Å². The maximum atomic E-state index is 13.6. The standard InChI is InChI=1S/C25H30N2O6/c1-26(2)12-7-13-27-22(16-8-6-9-18(14-16)31-3)21(24(29)25(27)30)23(28)17-10-11-19(32-4)20(15-17)33-5/h6,8-11,14-15,22,28H,7,12-13H2,1-5H3. The molecule has 0 saturated carbocycles. The van der Waals surface area contributed by atoms with E-state index in [9.17, 15) is 14.7 Å². The number of Topliss-reactive ketones (excluding diaryl/α,β-unsaturated/α-hetero) is 1. The second-order valence-corrected chi connectivity index (χ2v) is 8.13. The molecule has 1 aliphatic heterocycles. The lowest BCUT2D eigenvalue weighted by molar-refractivity contribution is -0.858. The molecular formula is C25H30N2O6. The molecule has 2 aromatic carbocycles. The van der Waals surface area contributed by atoms with Gasteiger partial charge in [-0.3, -0.25) is 9.59 Å². The van der Waals surface area contributed by atoms with Crippen molar-refractivity contribution < 1.29 is 33.8 Å². The number of hydrogen-bond acceptors (Lipinski definition) is 6. The predicted molar refractivity (Wildman–Crippen MR) is 121 cm³/mol. The molecule has 1 heterocycles. The van der Waals surface area contributed by atoms with Crippen molar-refractivity contribution in [1.29, 1.82) is 0 Å². The molecule has 33 heavy (non-hydrogen) atoms. The Morgan fingerprint density at radius 2 is 1.73 bits per heavy atom. The fraction of sp³-hybridized carbons (Fsp3) is 0.360. The van der Waals surface area contributed by atoms with Crippen LogP contribution in [0.15, 0.2) is 48.0 Å². The van der Waals surface area contributed by atoms with E-state index in [2.05, 4.69) is 0 Å². The van der Waals surface area contributed by atoms with Gasteiger partial charge in [-0.25, -0.2) is 0 Å². The van der Waals surface area contributed by atoms with Crippen LogP contribution in [-0.4, -0.2) is 65.1 Å². The summed E-state index contributed by atoms with van der Waals surface area (Å²) < 4.78 is 15.9. The number of carbonyl (C=O) groups is 2. The first-order valence-corrected chi connectivity index (χ1v) is 10.7. The largest absolute Gasteiger partial charge is 0.872 e. The third kappa shape index (κ3) is 4.96.